The van der Waals surface area contributed by atoms with E-state index in [0.29, 0.717) is 6.42 Å². The Bertz CT molecular complexity index is 402. The topological polar surface area (TPSA) is 12.0 Å². The number of halogens is 3. The molecular weight excluding hydrogens is 263 g/mol. The van der Waals surface area contributed by atoms with Crippen LogP contribution in [0.5, 0.6) is 0 Å². The Hall–Kier alpha value is -1.03. The van der Waals surface area contributed by atoms with E-state index in [0.717, 1.165) is 18.5 Å². The fraction of sp³-hybridized carbons (Fsp3) is 0.625. The Kier molecular flexibility index (Phi) is 5.08. The van der Waals surface area contributed by atoms with Crippen molar-refractivity contribution < 1.29 is 13.2 Å². The summed E-state index contributed by atoms with van der Waals surface area (Å²) in [6.45, 7) is 2.77. The maximum Gasteiger partial charge on any atom is 0.391 e. The maximum absolute atomic E-state index is 12.9. The minimum absolute atomic E-state index is 0.0337. The van der Waals surface area contributed by atoms with Crippen molar-refractivity contribution in [2.75, 3.05) is 6.54 Å². The van der Waals surface area contributed by atoms with Crippen LogP contribution in [-0.2, 0) is 0 Å². The smallest absolute Gasteiger partial charge is 0.310 e. The van der Waals surface area contributed by atoms with Crippen LogP contribution < -0.4 is 5.32 Å². The molecule has 1 aromatic rings. The minimum Gasteiger partial charge on any atom is -0.310 e. The molecule has 0 amide bonds. The fourth-order valence-corrected chi connectivity index (χ4v) is 3.26. The van der Waals surface area contributed by atoms with Gasteiger partial charge in [-0.15, -0.1) is 0 Å². The van der Waals surface area contributed by atoms with Crippen LogP contribution in [0.25, 0.3) is 0 Å². The molecule has 1 fully saturated rings. The molecule has 0 radical (unpaired) electrons. The van der Waals surface area contributed by atoms with Gasteiger partial charge < -0.3 is 5.32 Å². The molecule has 1 nitrogen and oxygen atoms in total. The zero-order chi connectivity index (χ0) is 14.6. The molecule has 0 bridgehead atoms. The van der Waals surface area contributed by atoms with E-state index in [1.165, 1.54) is 0 Å². The molecule has 112 valence electrons. The Morgan fingerprint density at radius 1 is 1.20 bits per heavy atom. The number of hydrogen-bond donors (Lipinski definition) is 1. The quantitative estimate of drug-likeness (QED) is 0.845. The van der Waals surface area contributed by atoms with Crippen LogP contribution in [-0.4, -0.2) is 12.7 Å². The summed E-state index contributed by atoms with van der Waals surface area (Å²) in [6.07, 6.45) is -1.97. The van der Waals surface area contributed by atoms with E-state index in [4.69, 9.17) is 0 Å². The van der Waals surface area contributed by atoms with Crippen molar-refractivity contribution in [3.63, 3.8) is 0 Å². The van der Waals surface area contributed by atoms with E-state index in [1.807, 2.05) is 37.3 Å². The van der Waals surface area contributed by atoms with E-state index in [-0.39, 0.29) is 24.8 Å². The largest absolute Gasteiger partial charge is 0.391 e. The summed E-state index contributed by atoms with van der Waals surface area (Å²) in [5.41, 5.74) is 1.10. The van der Waals surface area contributed by atoms with Crippen molar-refractivity contribution in [1.82, 2.24) is 5.32 Å². The molecule has 3 unspecified atom stereocenters. The van der Waals surface area contributed by atoms with Crippen molar-refractivity contribution in [3.8, 4) is 0 Å². The lowest BCUT2D eigenvalue weighted by Gasteiger charge is -2.36. The highest BCUT2D eigenvalue weighted by Crippen LogP contribution is 2.43. The third kappa shape index (κ3) is 3.75. The zero-order valence-electron chi connectivity index (χ0n) is 11.8. The molecule has 3 atom stereocenters. The van der Waals surface area contributed by atoms with Gasteiger partial charge in [0.05, 0.1) is 5.92 Å². The SMILES string of the molecule is CCNC(c1ccccc1)C1CCCC(C(F)(F)F)C1. The van der Waals surface area contributed by atoms with Gasteiger partial charge in [0.25, 0.3) is 0 Å². The van der Waals surface area contributed by atoms with Gasteiger partial charge in [-0.05, 0) is 37.3 Å². The summed E-state index contributed by atoms with van der Waals surface area (Å²) < 4.78 is 38.8. The fourth-order valence-electron chi connectivity index (χ4n) is 3.26. The highest BCUT2D eigenvalue weighted by atomic mass is 19.4. The van der Waals surface area contributed by atoms with E-state index >= 15 is 0 Å². The van der Waals surface area contributed by atoms with Crippen molar-refractivity contribution in [2.45, 2.75) is 44.8 Å². The summed E-state index contributed by atoms with van der Waals surface area (Å²) in [5.74, 6) is -1.07. The highest BCUT2D eigenvalue weighted by molar-refractivity contribution is 5.20. The minimum atomic E-state index is -4.05. The molecule has 1 aromatic carbocycles. The predicted molar refractivity (Wildman–Crippen MR) is 74.4 cm³/mol. The Morgan fingerprint density at radius 2 is 1.90 bits per heavy atom. The van der Waals surface area contributed by atoms with Gasteiger partial charge in [-0.25, -0.2) is 0 Å². The molecule has 1 N–H and O–H groups in total. The molecule has 1 aliphatic carbocycles. The predicted octanol–water partition coefficient (Wildman–Crippen LogP) is 4.71. The number of rotatable bonds is 4. The van der Waals surface area contributed by atoms with Crippen LogP contribution >= 0.6 is 0 Å². The van der Waals surface area contributed by atoms with Crippen LogP contribution in [0.4, 0.5) is 13.2 Å². The van der Waals surface area contributed by atoms with Crippen LogP contribution in [0, 0.1) is 11.8 Å². The molecular formula is C16H22F3N. The van der Waals surface area contributed by atoms with Gasteiger partial charge in [-0.3, -0.25) is 0 Å². The lowest BCUT2D eigenvalue weighted by molar-refractivity contribution is -0.186. The van der Waals surface area contributed by atoms with Crippen molar-refractivity contribution in [2.24, 2.45) is 11.8 Å². The highest BCUT2D eigenvalue weighted by Gasteiger charge is 2.43. The first-order valence-electron chi connectivity index (χ1n) is 7.37. The Labute approximate surface area is 118 Å². The van der Waals surface area contributed by atoms with Gasteiger partial charge in [0.2, 0.25) is 0 Å². The summed E-state index contributed by atoms with van der Waals surface area (Å²) in [4.78, 5) is 0. The first kappa shape index (κ1) is 15.4. The third-order valence-electron chi connectivity index (χ3n) is 4.23. The molecule has 1 saturated carbocycles. The van der Waals surface area contributed by atoms with E-state index in [1.54, 1.807) is 0 Å². The second-order valence-electron chi connectivity index (χ2n) is 5.61. The molecule has 0 heterocycles. The third-order valence-corrected chi connectivity index (χ3v) is 4.23. The van der Waals surface area contributed by atoms with Crippen molar-refractivity contribution in [3.05, 3.63) is 35.9 Å². The van der Waals surface area contributed by atoms with Gasteiger partial charge in [-0.1, -0.05) is 43.7 Å². The Morgan fingerprint density at radius 3 is 2.50 bits per heavy atom. The summed E-state index contributed by atoms with van der Waals surface area (Å²) in [7, 11) is 0. The number of alkyl halides is 3. The van der Waals surface area contributed by atoms with Gasteiger partial charge in [-0.2, -0.15) is 13.2 Å². The van der Waals surface area contributed by atoms with Crippen LogP contribution in [0.3, 0.4) is 0 Å². The van der Waals surface area contributed by atoms with E-state index < -0.39 is 12.1 Å². The summed E-state index contributed by atoms with van der Waals surface area (Å²) in [6, 6.07) is 9.88. The molecule has 1 aliphatic rings. The molecule has 0 aliphatic heterocycles. The standard InChI is InChI=1S/C16H22F3N/c1-2-20-15(12-7-4-3-5-8-12)13-9-6-10-14(11-13)16(17,18)19/h3-5,7-8,13-15,20H,2,6,9-11H2,1H3. The molecule has 2 rings (SSSR count). The van der Waals surface area contributed by atoms with Crippen LogP contribution in [0.2, 0.25) is 0 Å². The second-order valence-corrected chi connectivity index (χ2v) is 5.61. The molecule has 0 saturated heterocycles. The Balaban J connectivity index is 2.13. The average molecular weight is 285 g/mol. The van der Waals surface area contributed by atoms with Crippen molar-refractivity contribution >= 4 is 0 Å². The lowest BCUT2D eigenvalue weighted by atomic mass is 9.75. The van der Waals surface area contributed by atoms with Crippen LogP contribution in [0.15, 0.2) is 30.3 Å². The molecule has 4 heteroatoms. The number of nitrogens with one attached hydrogen (secondary N) is 1. The van der Waals surface area contributed by atoms with E-state index in [9.17, 15) is 13.2 Å². The number of benzene rings is 1. The summed E-state index contributed by atoms with van der Waals surface area (Å²) in [5, 5.41) is 3.37. The summed E-state index contributed by atoms with van der Waals surface area (Å²) >= 11 is 0. The first-order chi connectivity index (χ1) is 9.52. The van der Waals surface area contributed by atoms with E-state index in [2.05, 4.69) is 5.32 Å². The van der Waals surface area contributed by atoms with Gasteiger partial charge in [0.1, 0.15) is 0 Å². The van der Waals surface area contributed by atoms with Gasteiger partial charge in [0, 0.05) is 6.04 Å². The maximum atomic E-state index is 12.9. The zero-order valence-corrected chi connectivity index (χ0v) is 11.8. The molecule has 0 spiro atoms. The lowest BCUT2D eigenvalue weighted by Crippen LogP contribution is -2.35. The molecule has 0 aromatic heterocycles. The van der Waals surface area contributed by atoms with Gasteiger partial charge in [0.15, 0.2) is 0 Å². The van der Waals surface area contributed by atoms with Crippen LogP contribution in [0.1, 0.15) is 44.2 Å². The molecule has 20 heavy (non-hydrogen) atoms. The van der Waals surface area contributed by atoms with Crippen molar-refractivity contribution in [1.29, 1.82) is 0 Å². The second kappa shape index (κ2) is 6.61. The average Bonchev–Trinajstić information content (AvgIpc) is 2.45. The first-order valence-corrected chi connectivity index (χ1v) is 7.37. The monoisotopic (exact) mass is 285 g/mol. The number of hydrogen-bond acceptors (Lipinski definition) is 1. The van der Waals surface area contributed by atoms with Gasteiger partial charge >= 0.3 is 6.18 Å². The normalized spacial score (nSPS) is 25.4.